The quantitative estimate of drug-likeness (QED) is 0.486. The molecule has 7 nitrogen and oxygen atoms in total. The first-order valence-electron chi connectivity index (χ1n) is 12.1. The van der Waals surface area contributed by atoms with Gasteiger partial charge in [0, 0.05) is 17.6 Å². The zero-order valence-corrected chi connectivity index (χ0v) is 22.4. The molecule has 0 aliphatic heterocycles. The fourth-order valence-electron chi connectivity index (χ4n) is 4.52. The van der Waals surface area contributed by atoms with Crippen LogP contribution in [-0.2, 0) is 26.2 Å². The Balaban J connectivity index is 1.94. The molecular formula is C26H33ClFN3O4S. The molecular weight excluding hydrogens is 505 g/mol. The highest BCUT2D eigenvalue weighted by atomic mass is 35.5. The maximum atomic E-state index is 13.7. The second-order valence-electron chi connectivity index (χ2n) is 9.26. The first-order valence-corrected chi connectivity index (χ1v) is 14.3. The Bertz CT molecular complexity index is 1180. The number of hydrogen-bond donors (Lipinski definition) is 1. The number of halogens is 2. The molecule has 2 aromatic rings. The summed E-state index contributed by atoms with van der Waals surface area (Å²) in [4.78, 5) is 28.4. The van der Waals surface area contributed by atoms with Gasteiger partial charge in [0.2, 0.25) is 21.8 Å². The van der Waals surface area contributed by atoms with Gasteiger partial charge in [0.25, 0.3) is 0 Å². The molecule has 0 aromatic heterocycles. The molecule has 1 fully saturated rings. The van der Waals surface area contributed by atoms with E-state index in [1.807, 2.05) is 0 Å². The van der Waals surface area contributed by atoms with Gasteiger partial charge in [0.05, 0.1) is 11.9 Å². The molecule has 2 aromatic carbocycles. The summed E-state index contributed by atoms with van der Waals surface area (Å²) in [5.41, 5.74) is 1.55. The van der Waals surface area contributed by atoms with Crippen molar-refractivity contribution in [1.29, 1.82) is 0 Å². The van der Waals surface area contributed by atoms with E-state index in [2.05, 4.69) is 5.32 Å². The third-order valence-corrected chi connectivity index (χ3v) is 7.83. The van der Waals surface area contributed by atoms with Gasteiger partial charge < -0.3 is 10.2 Å². The summed E-state index contributed by atoms with van der Waals surface area (Å²) in [5, 5.41) is 3.39. The lowest BCUT2D eigenvalue weighted by atomic mass is 10.1. The number of rotatable bonds is 10. The maximum Gasteiger partial charge on any atom is 0.244 e. The molecule has 0 radical (unpaired) electrons. The highest BCUT2D eigenvalue weighted by molar-refractivity contribution is 7.92. The van der Waals surface area contributed by atoms with Crippen LogP contribution < -0.4 is 9.62 Å². The minimum Gasteiger partial charge on any atom is -0.352 e. The molecule has 1 saturated carbocycles. The first-order chi connectivity index (χ1) is 17.0. The van der Waals surface area contributed by atoms with Gasteiger partial charge in [-0.2, -0.15) is 0 Å². The molecule has 0 saturated heterocycles. The standard InChI is InChI=1S/C26H33ClFN3O4S/c1-4-23(26(33)29-22-7-5-6-8-22)30(16-19-10-13-21(28)14-11-19)25(32)17-31(36(3,34)35)24-15-20(27)12-9-18(24)2/h9-15,22-23H,4-8,16-17H2,1-3H3,(H,29,33)/t23-/m1/s1. The Morgan fingerprint density at radius 3 is 2.36 bits per heavy atom. The van der Waals surface area contributed by atoms with E-state index < -0.39 is 34.3 Å². The van der Waals surface area contributed by atoms with Crippen LogP contribution >= 0.6 is 11.6 Å². The maximum absolute atomic E-state index is 13.7. The summed E-state index contributed by atoms with van der Waals surface area (Å²) in [5.74, 6) is -1.23. The number of anilines is 1. The zero-order valence-electron chi connectivity index (χ0n) is 20.8. The molecule has 0 bridgehead atoms. The lowest BCUT2D eigenvalue weighted by molar-refractivity contribution is -0.140. The van der Waals surface area contributed by atoms with E-state index in [0.29, 0.717) is 28.3 Å². The monoisotopic (exact) mass is 537 g/mol. The van der Waals surface area contributed by atoms with E-state index in [4.69, 9.17) is 11.6 Å². The Hall–Kier alpha value is -2.65. The average molecular weight is 538 g/mol. The Morgan fingerprint density at radius 1 is 1.14 bits per heavy atom. The number of carbonyl (C=O) groups excluding carboxylic acids is 2. The van der Waals surface area contributed by atoms with Gasteiger partial charge in [0.15, 0.2) is 0 Å². The van der Waals surface area contributed by atoms with Crippen molar-refractivity contribution in [2.24, 2.45) is 0 Å². The summed E-state index contributed by atoms with van der Waals surface area (Å²) in [6.07, 6.45) is 5.23. The summed E-state index contributed by atoms with van der Waals surface area (Å²) in [6, 6.07) is 9.75. The molecule has 3 rings (SSSR count). The van der Waals surface area contributed by atoms with Gasteiger partial charge in [-0.3, -0.25) is 13.9 Å². The molecule has 1 N–H and O–H groups in total. The zero-order chi connectivity index (χ0) is 26.5. The van der Waals surface area contributed by atoms with Crippen LogP contribution in [0, 0.1) is 12.7 Å². The molecule has 1 aliphatic carbocycles. The fraction of sp³-hybridized carbons (Fsp3) is 0.462. The first kappa shape index (κ1) is 27.9. The number of benzene rings is 2. The fourth-order valence-corrected chi connectivity index (χ4v) is 5.58. The van der Waals surface area contributed by atoms with Crippen LogP contribution in [0.4, 0.5) is 10.1 Å². The van der Waals surface area contributed by atoms with Crippen LogP contribution in [0.1, 0.15) is 50.2 Å². The molecule has 1 atom stereocenters. The van der Waals surface area contributed by atoms with Gasteiger partial charge in [-0.05, 0) is 61.6 Å². The lowest BCUT2D eigenvalue weighted by Crippen LogP contribution is -2.53. The van der Waals surface area contributed by atoms with Gasteiger partial charge >= 0.3 is 0 Å². The number of sulfonamides is 1. The Morgan fingerprint density at radius 2 is 1.78 bits per heavy atom. The Kier molecular flexibility index (Phi) is 9.35. The number of carbonyl (C=O) groups is 2. The smallest absolute Gasteiger partial charge is 0.244 e. The predicted octanol–water partition coefficient (Wildman–Crippen LogP) is 4.42. The third-order valence-electron chi connectivity index (χ3n) is 6.47. The van der Waals surface area contributed by atoms with Crippen LogP contribution in [0.5, 0.6) is 0 Å². The predicted molar refractivity (Wildman–Crippen MR) is 140 cm³/mol. The summed E-state index contributed by atoms with van der Waals surface area (Å²) >= 11 is 6.13. The van der Waals surface area contributed by atoms with Crippen molar-refractivity contribution in [3.05, 3.63) is 64.4 Å². The summed E-state index contributed by atoms with van der Waals surface area (Å²) in [7, 11) is -3.86. The minimum atomic E-state index is -3.86. The second-order valence-corrected chi connectivity index (χ2v) is 11.6. The molecule has 1 aliphatic rings. The SMILES string of the molecule is CC[C@H](C(=O)NC1CCCC1)N(Cc1ccc(F)cc1)C(=O)CN(c1cc(Cl)ccc1C)S(C)(=O)=O. The molecule has 0 heterocycles. The second kappa shape index (κ2) is 12.1. The van der Waals surface area contributed by atoms with E-state index >= 15 is 0 Å². The van der Waals surface area contributed by atoms with Crippen molar-refractivity contribution in [2.45, 2.75) is 64.6 Å². The minimum absolute atomic E-state index is 0.0296. The van der Waals surface area contributed by atoms with Crippen LogP contribution in [-0.4, -0.2) is 50.0 Å². The molecule has 2 amide bonds. The molecule has 36 heavy (non-hydrogen) atoms. The average Bonchev–Trinajstić information content (AvgIpc) is 3.32. The van der Waals surface area contributed by atoms with E-state index in [9.17, 15) is 22.4 Å². The van der Waals surface area contributed by atoms with Crippen molar-refractivity contribution in [2.75, 3.05) is 17.1 Å². The van der Waals surface area contributed by atoms with Crippen LogP contribution in [0.15, 0.2) is 42.5 Å². The molecule has 0 spiro atoms. The van der Waals surface area contributed by atoms with E-state index in [1.165, 1.54) is 23.1 Å². The third kappa shape index (κ3) is 7.20. The number of nitrogens with one attached hydrogen (secondary N) is 1. The molecule has 10 heteroatoms. The van der Waals surface area contributed by atoms with E-state index in [0.717, 1.165) is 36.2 Å². The Labute approximate surface area is 217 Å². The molecule has 196 valence electrons. The highest BCUT2D eigenvalue weighted by Crippen LogP contribution is 2.27. The topological polar surface area (TPSA) is 86.8 Å². The highest BCUT2D eigenvalue weighted by Gasteiger charge is 2.33. The van der Waals surface area contributed by atoms with Gasteiger partial charge in [-0.15, -0.1) is 0 Å². The number of amides is 2. The van der Waals surface area contributed by atoms with Crippen molar-refractivity contribution in [1.82, 2.24) is 10.2 Å². The van der Waals surface area contributed by atoms with Crippen molar-refractivity contribution in [3.8, 4) is 0 Å². The van der Waals surface area contributed by atoms with Crippen molar-refractivity contribution in [3.63, 3.8) is 0 Å². The number of aryl methyl sites for hydroxylation is 1. The van der Waals surface area contributed by atoms with Crippen molar-refractivity contribution < 1.29 is 22.4 Å². The van der Waals surface area contributed by atoms with Crippen molar-refractivity contribution >= 4 is 39.1 Å². The van der Waals surface area contributed by atoms with E-state index in [1.54, 1.807) is 38.1 Å². The molecule has 0 unspecified atom stereocenters. The van der Waals surface area contributed by atoms with Gasteiger partial charge in [0.1, 0.15) is 18.4 Å². The number of hydrogen-bond acceptors (Lipinski definition) is 4. The normalized spacial score (nSPS) is 14.9. The van der Waals surface area contributed by atoms with E-state index in [-0.39, 0.29) is 18.5 Å². The summed E-state index contributed by atoms with van der Waals surface area (Å²) < 4.78 is 40.0. The van der Waals surface area contributed by atoms with Gasteiger partial charge in [-0.25, -0.2) is 12.8 Å². The largest absolute Gasteiger partial charge is 0.352 e. The van der Waals surface area contributed by atoms with Crippen LogP contribution in [0.3, 0.4) is 0 Å². The number of nitrogens with zero attached hydrogens (tertiary/aromatic N) is 2. The van der Waals surface area contributed by atoms with Crippen LogP contribution in [0.25, 0.3) is 0 Å². The summed E-state index contributed by atoms with van der Waals surface area (Å²) in [6.45, 7) is 3.06. The van der Waals surface area contributed by atoms with Crippen LogP contribution in [0.2, 0.25) is 5.02 Å². The lowest BCUT2D eigenvalue weighted by Gasteiger charge is -2.33. The van der Waals surface area contributed by atoms with Gasteiger partial charge in [-0.1, -0.05) is 49.6 Å².